The van der Waals surface area contributed by atoms with Crippen molar-refractivity contribution in [1.29, 1.82) is 0 Å². The van der Waals surface area contributed by atoms with E-state index in [1.165, 1.54) is 0 Å². The lowest BCUT2D eigenvalue weighted by atomic mass is 10.00. The predicted molar refractivity (Wildman–Crippen MR) is 73.9 cm³/mol. The molecule has 1 aromatic carbocycles. The van der Waals surface area contributed by atoms with Crippen LogP contribution in [-0.4, -0.2) is 23.6 Å². The molecule has 0 aliphatic carbocycles. The summed E-state index contributed by atoms with van der Waals surface area (Å²) in [4.78, 5) is 23.1. The van der Waals surface area contributed by atoms with Gasteiger partial charge in [0, 0.05) is 5.56 Å². The van der Waals surface area contributed by atoms with E-state index in [4.69, 9.17) is 9.94 Å². The number of Topliss-reactive ketones (excluding diaryl/α,β-unsaturated/α-hetero) is 1. The van der Waals surface area contributed by atoms with Crippen molar-refractivity contribution >= 4 is 11.8 Å². The molecular formula is C14H23NO4. The second-order valence-corrected chi connectivity index (χ2v) is 3.20. The van der Waals surface area contributed by atoms with Crippen molar-refractivity contribution in [2.75, 3.05) is 6.61 Å². The number of benzene rings is 1. The van der Waals surface area contributed by atoms with Gasteiger partial charge < -0.3 is 9.94 Å². The van der Waals surface area contributed by atoms with Crippen LogP contribution in [-0.2, 0) is 9.53 Å². The molecule has 1 unspecified atom stereocenters. The minimum absolute atomic E-state index is 0.200. The van der Waals surface area contributed by atoms with Crippen LogP contribution in [0, 0.1) is 5.92 Å². The molecule has 3 N–H and O–H groups in total. The van der Waals surface area contributed by atoms with E-state index in [-0.39, 0.29) is 5.78 Å². The number of rotatable bonds is 4. The van der Waals surface area contributed by atoms with Gasteiger partial charge in [-0.1, -0.05) is 44.2 Å². The average molecular weight is 269 g/mol. The lowest BCUT2D eigenvalue weighted by molar-refractivity contribution is -0.145. The molecule has 0 saturated carbocycles. The topological polar surface area (TPSA) is 89.6 Å². The first-order valence-electron chi connectivity index (χ1n) is 6.18. The first-order chi connectivity index (χ1) is 9.16. The molecule has 0 aromatic heterocycles. The van der Waals surface area contributed by atoms with E-state index in [0.717, 1.165) is 0 Å². The normalized spacial score (nSPS) is 10.0. The van der Waals surface area contributed by atoms with Crippen LogP contribution >= 0.6 is 0 Å². The van der Waals surface area contributed by atoms with Gasteiger partial charge in [-0.15, -0.1) is 0 Å². The SMILES string of the molecule is CC.CCOC(=O)C(C)C(=O)c1ccccc1.NO. The Labute approximate surface area is 114 Å². The van der Waals surface area contributed by atoms with Crippen molar-refractivity contribution in [1.82, 2.24) is 0 Å². The molecule has 108 valence electrons. The van der Waals surface area contributed by atoms with Crippen LogP contribution in [0.5, 0.6) is 0 Å². The second kappa shape index (κ2) is 12.7. The summed E-state index contributed by atoms with van der Waals surface area (Å²) in [7, 11) is 0. The van der Waals surface area contributed by atoms with Crippen molar-refractivity contribution in [3.05, 3.63) is 35.9 Å². The van der Waals surface area contributed by atoms with Gasteiger partial charge in [-0.05, 0) is 13.8 Å². The van der Waals surface area contributed by atoms with Crippen LogP contribution in [0.15, 0.2) is 30.3 Å². The average Bonchev–Trinajstić information content (AvgIpc) is 2.51. The highest BCUT2D eigenvalue weighted by molar-refractivity contribution is 6.08. The molecule has 0 heterocycles. The fraction of sp³-hybridized carbons (Fsp3) is 0.429. The third kappa shape index (κ3) is 7.33. The second-order valence-electron chi connectivity index (χ2n) is 3.20. The summed E-state index contributed by atoms with van der Waals surface area (Å²) in [6.45, 7) is 7.58. The van der Waals surface area contributed by atoms with Crippen LogP contribution in [0.3, 0.4) is 0 Å². The minimum atomic E-state index is -0.729. The highest BCUT2D eigenvalue weighted by Crippen LogP contribution is 2.09. The Kier molecular flexibility index (Phi) is 13.1. The molecule has 5 heteroatoms. The lowest BCUT2D eigenvalue weighted by Gasteiger charge is -2.08. The molecule has 1 atom stereocenters. The minimum Gasteiger partial charge on any atom is -0.465 e. The van der Waals surface area contributed by atoms with Gasteiger partial charge in [-0.3, -0.25) is 9.59 Å². The predicted octanol–water partition coefficient (Wildman–Crippen LogP) is 2.43. The number of ether oxygens (including phenoxy) is 1. The molecule has 0 aliphatic rings. The zero-order valence-corrected chi connectivity index (χ0v) is 11.9. The molecule has 0 bridgehead atoms. The molecule has 1 aromatic rings. The summed E-state index contributed by atoms with van der Waals surface area (Å²) in [5, 5.41) is 6.50. The molecule has 0 saturated heterocycles. The Morgan fingerprint density at radius 2 is 1.68 bits per heavy atom. The Bertz CT molecular complexity index is 352. The van der Waals surface area contributed by atoms with Crippen LogP contribution in [0.1, 0.15) is 38.1 Å². The van der Waals surface area contributed by atoms with E-state index < -0.39 is 11.9 Å². The number of hydrogen-bond donors (Lipinski definition) is 2. The van der Waals surface area contributed by atoms with E-state index in [1.54, 1.807) is 38.1 Å². The molecule has 0 amide bonds. The summed E-state index contributed by atoms with van der Waals surface area (Å²) in [6, 6.07) is 8.75. The van der Waals surface area contributed by atoms with Crippen LogP contribution in [0.25, 0.3) is 0 Å². The number of esters is 1. The lowest BCUT2D eigenvalue weighted by Crippen LogP contribution is -2.23. The van der Waals surface area contributed by atoms with Gasteiger partial charge in [0.15, 0.2) is 5.78 Å². The first-order valence-corrected chi connectivity index (χ1v) is 6.18. The standard InChI is InChI=1S/C12H14O3.C2H6.H3NO/c1-3-15-12(14)9(2)11(13)10-7-5-4-6-8-10;2*1-2/h4-9H,3H2,1-2H3;1-2H3;2H,1H2. The number of nitrogens with two attached hydrogens (primary N) is 1. The van der Waals surface area contributed by atoms with E-state index in [2.05, 4.69) is 5.90 Å². The zero-order valence-electron chi connectivity index (χ0n) is 11.9. The number of hydrogen-bond acceptors (Lipinski definition) is 5. The van der Waals surface area contributed by atoms with Crippen molar-refractivity contribution < 1.29 is 19.5 Å². The third-order valence-corrected chi connectivity index (χ3v) is 2.09. The maximum Gasteiger partial charge on any atom is 0.316 e. The molecule has 19 heavy (non-hydrogen) atoms. The number of ketones is 1. The van der Waals surface area contributed by atoms with Crippen LogP contribution in [0.2, 0.25) is 0 Å². The maximum atomic E-state index is 11.8. The Morgan fingerprint density at radius 1 is 1.21 bits per heavy atom. The van der Waals surface area contributed by atoms with Gasteiger partial charge in [0.05, 0.1) is 6.61 Å². The summed E-state index contributed by atoms with van der Waals surface area (Å²) in [6.07, 6.45) is 0. The number of carbonyl (C=O) groups excluding carboxylic acids is 2. The van der Waals surface area contributed by atoms with Gasteiger partial charge in [-0.25, -0.2) is 5.90 Å². The van der Waals surface area contributed by atoms with E-state index in [0.29, 0.717) is 12.2 Å². The van der Waals surface area contributed by atoms with Gasteiger partial charge >= 0.3 is 5.97 Å². The van der Waals surface area contributed by atoms with Gasteiger partial charge in [0.25, 0.3) is 0 Å². The van der Waals surface area contributed by atoms with Crippen LogP contribution in [0.4, 0.5) is 0 Å². The molecule has 0 fully saturated rings. The molecule has 0 radical (unpaired) electrons. The number of carbonyl (C=O) groups is 2. The summed E-state index contributed by atoms with van der Waals surface area (Å²) < 4.78 is 4.79. The molecule has 0 aliphatic heterocycles. The molecule has 1 rings (SSSR count). The van der Waals surface area contributed by atoms with Gasteiger partial charge in [-0.2, -0.15) is 0 Å². The Hall–Kier alpha value is -1.72. The Morgan fingerprint density at radius 3 is 2.11 bits per heavy atom. The fourth-order valence-electron chi connectivity index (χ4n) is 1.23. The quantitative estimate of drug-likeness (QED) is 0.379. The monoisotopic (exact) mass is 269 g/mol. The Balaban J connectivity index is 0. The summed E-state index contributed by atoms with van der Waals surface area (Å²) >= 11 is 0. The van der Waals surface area contributed by atoms with Gasteiger partial charge in [0.2, 0.25) is 0 Å². The summed E-state index contributed by atoms with van der Waals surface area (Å²) in [5.74, 6) is 2.10. The van der Waals surface area contributed by atoms with Crippen molar-refractivity contribution in [3.63, 3.8) is 0 Å². The molecular weight excluding hydrogens is 246 g/mol. The van der Waals surface area contributed by atoms with Crippen molar-refractivity contribution in [2.45, 2.75) is 27.7 Å². The zero-order chi connectivity index (χ0) is 15.3. The molecule has 0 spiro atoms. The molecule has 5 nitrogen and oxygen atoms in total. The van der Waals surface area contributed by atoms with Crippen molar-refractivity contribution in [2.24, 2.45) is 11.8 Å². The maximum absolute atomic E-state index is 11.8. The van der Waals surface area contributed by atoms with E-state index >= 15 is 0 Å². The first kappa shape index (κ1) is 19.6. The highest BCUT2D eigenvalue weighted by Gasteiger charge is 2.23. The third-order valence-electron chi connectivity index (χ3n) is 2.09. The van der Waals surface area contributed by atoms with E-state index in [9.17, 15) is 9.59 Å². The highest BCUT2D eigenvalue weighted by atomic mass is 16.5. The van der Waals surface area contributed by atoms with Crippen molar-refractivity contribution in [3.8, 4) is 0 Å². The van der Waals surface area contributed by atoms with Crippen LogP contribution < -0.4 is 5.90 Å². The largest absolute Gasteiger partial charge is 0.465 e. The fourth-order valence-corrected chi connectivity index (χ4v) is 1.23. The van der Waals surface area contributed by atoms with E-state index in [1.807, 2.05) is 19.9 Å². The summed E-state index contributed by atoms with van der Waals surface area (Å²) in [5.41, 5.74) is 0.540. The smallest absolute Gasteiger partial charge is 0.316 e. The van der Waals surface area contributed by atoms with Gasteiger partial charge in [0.1, 0.15) is 5.92 Å².